The molecule has 3 aromatic rings. The molecule has 1 unspecified atom stereocenters. The maximum atomic E-state index is 12.9. The Bertz CT molecular complexity index is 1000. The maximum Gasteiger partial charge on any atom is 0.269 e. The van der Waals surface area contributed by atoms with Crippen LogP contribution in [0.25, 0.3) is 11.1 Å². The Kier molecular flexibility index (Phi) is 5.85. The molecule has 8 heteroatoms. The molecule has 1 aliphatic heterocycles. The summed E-state index contributed by atoms with van der Waals surface area (Å²) in [6.07, 6.45) is 2.88. The van der Waals surface area contributed by atoms with Crippen molar-refractivity contribution in [2.45, 2.75) is 6.10 Å². The zero-order chi connectivity index (χ0) is 20.9. The summed E-state index contributed by atoms with van der Waals surface area (Å²) in [7, 11) is 4.04. The predicted molar refractivity (Wildman–Crippen MR) is 116 cm³/mol. The molecule has 2 heterocycles. The molecule has 0 aliphatic carbocycles. The second kappa shape index (κ2) is 8.87. The summed E-state index contributed by atoms with van der Waals surface area (Å²) in [5, 5.41) is 13.2. The summed E-state index contributed by atoms with van der Waals surface area (Å²) in [5.74, 6) is 0.969. The van der Waals surface area contributed by atoms with Crippen LogP contribution in [-0.4, -0.2) is 60.9 Å². The lowest BCUT2D eigenvalue weighted by atomic mass is 10.1. The van der Waals surface area contributed by atoms with Gasteiger partial charge in [-0.1, -0.05) is 18.2 Å². The van der Waals surface area contributed by atoms with Gasteiger partial charge in [-0.3, -0.25) is 9.89 Å². The maximum absolute atomic E-state index is 12.9. The number of amides is 1. The summed E-state index contributed by atoms with van der Waals surface area (Å²) in [4.78, 5) is 15.0. The molecule has 0 radical (unpaired) electrons. The molecule has 0 bridgehead atoms. The first kappa shape index (κ1) is 19.8. The number of likely N-dealkylation sites (N-methyl/N-ethyl adjacent to an activating group) is 1. The SMILES string of the molecule is CN(C)CCNc1cc(-c2cn[nH]c2)ccc1NC(=O)C1COc2ccccc2O1. The van der Waals surface area contributed by atoms with Gasteiger partial charge in [-0.15, -0.1) is 0 Å². The Morgan fingerprint density at radius 3 is 2.77 bits per heavy atom. The van der Waals surface area contributed by atoms with E-state index in [-0.39, 0.29) is 12.5 Å². The fourth-order valence-corrected chi connectivity index (χ4v) is 3.16. The summed E-state index contributed by atoms with van der Waals surface area (Å²) >= 11 is 0. The number of para-hydroxylation sites is 2. The minimum atomic E-state index is -0.719. The highest BCUT2D eigenvalue weighted by atomic mass is 16.6. The van der Waals surface area contributed by atoms with Crippen molar-refractivity contribution >= 4 is 17.3 Å². The van der Waals surface area contributed by atoms with E-state index < -0.39 is 6.10 Å². The molecule has 1 atom stereocenters. The standard InChI is InChI=1S/C22H25N5O3/c1-27(2)10-9-23-18-11-15(16-12-24-25-13-16)7-8-17(18)26-22(28)21-14-29-19-5-3-4-6-20(19)30-21/h3-8,11-13,21,23H,9-10,14H2,1-2H3,(H,24,25)(H,26,28). The lowest BCUT2D eigenvalue weighted by molar-refractivity contribution is -0.125. The van der Waals surface area contributed by atoms with Crippen molar-refractivity contribution in [1.29, 1.82) is 0 Å². The molecule has 1 aromatic heterocycles. The number of carbonyl (C=O) groups is 1. The number of hydrogen-bond acceptors (Lipinski definition) is 6. The second-order valence-electron chi connectivity index (χ2n) is 7.33. The van der Waals surface area contributed by atoms with Crippen LogP contribution in [0.15, 0.2) is 54.9 Å². The molecule has 0 spiro atoms. The molecule has 4 rings (SSSR count). The molecule has 30 heavy (non-hydrogen) atoms. The summed E-state index contributed by atoms with van der Waals surface area (Å²) < 4.78 is 11.5. The van der Waals surface area contributed by atoms with Gasteiger partial charge in [-0.05, 0) is 43.9 Å². The summed E-state index contributed by atoms with van der Waals surface area (Å²) in [6, 6.07) is 13.2. The molecular formula is C22H25N5O3. The van der Waals surface area contributed by atoms with E-state index in [1.54, 1.807) is 12.3 Å². The van der Waals surface area contributed by atoms with Crippen LogP contribution in [0.5, 0.6) is 11.5 Å². The Labute approximate surface area is 175 Å². The number of anilines is 2. The Morgan fingerprint density at radius 2 is 2.00 bits per heavy atom. The van der Waals surface area contributed by atoms with E-state index in [0.717, 1.165) is 29.9 Å². The van der Waals surface area contributed by atoms with Crippen LogP contribution in [0, 0.1) is 0 Å². The number of ether oxygens (including phenoxy) is 2. The van der Waals surface area contributed by atoms with Crippen molar-refractivity contribution in [2.24, 2.45) is 0 Å². The normalized spacial score (nSPS) is 15.1. The zero-order valence-electron chi connectivity index (χ0n) is 17.0. The lowest BCUT2D eigenvalue weighted by Crippen LogP contribution is -2.40. The van der Waals surface area contributed by atoms with Crippen LogP contribution in [-0.2, 0) is 4.79 Å². The minimum Gasteiger partial charge on any atom is -0.485 e. The van der Waals surface area contributed by atoms with E-state index in [0.29, 0.717) is 17.2 Å². The van der Waals surface area contributed by atoms with Crippen molar-refractivity contribution in [2.75, 3.05) is 44.4 Å². The molecule has 156 valence electrons. The first-order chi connectivity index (χ1) is 14.6. The van der Waals surface area contributed by atoms with Crippen molar-refractivity contribution < 1.29 is 14.3 Å². The molecule has 8 nitrogen and oxygen atoms in total. The van der Waals surface area contributed by atoms with Gasteiger partial charge >= 0.3 is 0 Å². The smallest absolute Gasteiger partial charge is 0.269 e. The highest BCUT2D eigenvalue weighted by molar-refractivity contribution is 5.98. The number of nitrogens with one attached hydrogen (secondary N) is 3. The predicted octanol–water partition coefficient (Wildman–Crippen LogP) is 2.83. The first-order valence-corrected chi connectivity index (χ1v) is 9.81. The highest BCUT2D eigenvalue weighted by Crippen LogP contribution is 2.32. The van der Waals surface area contributed by atoms with Gasteiger partial charge in [0.1, 0.15) is 6.61 Å². The summed E-state index contributed by atoms with van der Waals surface area (Å²) in [5.41, 5.74) is 3.50. The van der Waals surface area contributed by atoms with Gasteiger partial charge in [-0.2, -0.15) is 5.10 Å². The quantitative estimate of drug-likeness (QED) is 0.558. The Hall–Kier alpha value is -3.52. The fourth-order valence-electron chi connectivity index (χ4n) is 3.16. The molecule has 0 saturated heterocycles. The summed E-state index contributed by atoms with van der Waals surface area (Å²) in [6.45, 7) is 1.76. The number of rotatable bonds is 7. The number of benzene rings is 2. The third-order valence-corrected chi connectivity index (χ3v) is 4.78. The molecule has 3 N–H and O–H groups in total. The van der Waals surface area contributed by atoms with Crippen LogP contribution >= 0.6 is 0 Å². The number of hydrogen-bond donors (Lipinski definition) is 3. The Morgan fingerprint density at radius 1 is 1.17 bits per heavy atom. The lowest BCUT2D eigenvalue weighted by Gasteiger charge is -2.26. The van der Waals surface area contributed by atoms with Gasteiger partial charge in [0, 0.05) is 24.8 Å². The van der Waals surface area contributed by atoms with E-state index in [1.807, 2.05) is 56.7 Å². The van der Waals surface area contributed by atoms with Gasteiger partial charge in [-0.25, -0.2) is 0 Å². The average molecular weight is 407 g/mol. The molecule has 1 amide bonds. The van der Waals surface area contributed by atoms with Gasteiger partial charge < -0.3 is 25.0 Å². The van der Waals surface area contributed by atoms with Gasteiger partial charge in [0.15, 0.2) is 11.5 Å². The molecule has 2 aromatic carbocycles. The second-order valence-corrected chi connectivity index (χ2v) is 7.33. The number of aromatic amines is 1. The molecule has 0 saturated carbocycles. The van der Waals surface area contributed by atoms with E-state index in [1.165, 1.54) is 0 Å². The van der Waals surface area contributed by atoms with Crippen molar-refractivity contribution in [1.82, 2.24) is 15.1 Å². The fraction of sp³-hybridized carbons (Fsp3) is 0.273. The first-order valence-electron chi connectivity index (χ1n) is 9.81. The topological polar surface area (TPSA) is 91.5 Å². The van der Waals surface area contributed by atoms with E-state index in [2.05, 4.69) is 25.7 Å². The third-order valence-electron chi connectivity index (χ3n) is 4.78. The minimum absolute atomic E-state index is 0.166. The van der Waals surface area contributed by atoms with Crippen LogP contribution < -0.4 is 20.1 Å². The van der Waals surface area contributed by atoms with E-state index in [4.69, 9.17) is 9.47 Å². The number of nitrogens with zero attached hydrogens (tertiary/aromatic N) is 2. The van der Waals surface area contributed by atoms with Crippen LogP contribution in [0.3, 0.4) is 0 Å². The number of aromatic nitrogens is 2. The molecule has 0 fully saturated rings. The highest BCUT2D eigenvalue weighted by Gasteiger charge is 2.27. The van der Waals surface area contributed by atoms with Crippen molar-refractivity contribution in [3.05, 3.63) is 54.9 Å². The Balaban J connectivity index is 1.51. The van der Waals surface area contributed by atoms with Crippen LogP contribution in [0.2, 0.25) is 0 Å². The number of H-pyrrole nitrogens is 1. The van der Waals surface area contributed by atoms with Gasteiger partial charge in [0.05, 0.1) is 17.6 Å². The van der Waals surface area contributed by atoms with Gasteiger partial charge in [0.2, 0.25) is 6.10 Å². The average Bonchev–Trinajstić information content (AvgIpc) is 3.29. The zero-order valence-corrected chi connectivity index (χ0v) is 17.0. The number of fused-ring (bicyclic) bond motifs is 1. The van der Waals surface area contributed by atoms with Crippen LogP contribution in [0.4, 0.5) is 11.4 Å². The number of carbonyl (C=O) groups excluding carboxylic acids is 1. The van der Waals surface area contributed by atoms with E-state index in [9.17, 15) is 4.79 Å². The van der Waals surface area contributed by atoms with E-state index >= 15 is 0 Å². The van der Waals surface area contributed by atoms with Gasteiger partial charge in [0.25, 0.3) is 5.91 Å². The van der Waals surface area contributed by atoms with Crippen molar-refractivity contribution in [3.8, 4) is 22.6 Å². The largest absolute Gasteiger partial charge is 0.485 e. The van der Waals surface area contributed by atoms with Crippen molar-refractivity contribution in [3.63, 3.8) is 0 Å². The molecular weight excluding hydrogens is 382 g/mol. The monoisotopic (exact) mass is 407 g/mol. The molecule has 1 aliphatic rings. The van der Waals surface area contributed by atoms with Crippen LogP contribution in [0.1, 0.15) is 0 Å². The third kappa shape index (κ3) is 4.55.